The van der Waals surface area contributed by atoms with Gasteiger partial charge in [0.15, 0.2) is 0 Å². The van der Waals surface area contributed by atoms with Crippen LogP contribution in [0, 0.1) is 12.7 Å². The molecule has 0 saturated heterocycles. The lowest BCUT2D eigenvalue weighted by Gasteiger charge is -2.11. The van der Waals surface area contributed by atoms with Gasteiger partial charge in [-0.2, -0.15) is 0 Å². The number of imidazole rings is 1. The van der Waals surface area contributed by atoms with Crippen molar-refractivity contribution >= 4 is 11.0 Å². The van der Waals surface area contributed by atoms with Gasteiger partial charge in [0, 0.05) is 12.0 Å². The Labute approximate surface area is 146 Å². The molecule has 3 heteroatoms. The van der Waals surface area contributed by atoms with Crippen LogP contribution >= 0.6 is 0 Å². The van der Waals surface area contributed by atoms with Gasteiger partial charge in [0.1, 0.15) is 11.6 Å². The highest BCUT2D eigenvalue weighted by atomic mass is 19.1. The number of hydrogen-bond donors (Lipinski definition) is 0. The molecule has 0 radical (unpaired) electrons. The topological polar surface area (TPSA) is 17.8 Å². The van der Waals surface area contributed by atoms with Crippen LogP contribution < -0.4 is 0 Å². The van der Waals surface area contributed by atoms with Crippen LogP contribution in [0.3, 0.4) is 0 Å². The second-order valence-electron chi connectivity index (χ2n) is 6.30. The first-order valence-electron chi connectivity index (χ1n) is 8.44. The van der Waals surface area contributed by atoms with E-state index >= 15 is 0 Å². The maximum atomic E-state index is 14.2. The minimum Gasteiger partial charge on any atom is -0.323 e. The molecule has 0 N–H and O–H groups in total. The highest BCUT2D eigenvalue weighted by Crippen LogP contribution is 2.22. The molecule has 0 bridgehead atoms. The summed E-state index contributed by atoms with van der Waals surface area (Å²) >= 11 is 0. The number of nitrogens with zero attached hydrogens (tertiary/aromatic N) is 2. The van der Waals surface area contributed by atoms with Crippen LogP contribution in [0.15, 0.2) is 72.8 Å². The molecule has 0 spiro atoms. The monoisotopic (exact) mass is 330 g/mol. The minimum atomic E-state index is -0.179. The Bertz CT molecular complexity index is 1030. The lowest BCUT2D eigenvalue weighted by Crippen LogP contribution is -2.08. The fourth-order valence-corrected chi connectivity index (χ4v) is 3.21. The number of aromatic nitrogens is 2. The summed E-state index contributed by atoms with van der Waals surface area (Å²) in [5.74, 6) is 0.779. The molecule has 0 aliphatic carbocycles. The molecule has 0 unspecified atom stereocenters. The molecule has 0 saturated carbocycles. The number of rotatable bonds is 4. The quantitative estimate of drug-likeness (QED) is 0.507. The summed E-state index contributed by atoms with van der Waals surface area (Å²) < 4.78 is 16.3. The zero-order valence-corrected chi connectivity index (χ0v) is 14.1. The van der Waals surface area contributed by atoms with Crippen molar-refractivity contribution < 1.29 is 4.39 Å². The van der Waals surface area contributed by atoms with E-state index in [2.05, 4.69) is 23.6 Å². The Morgan fingerprint density at radius 1 is 0.840 bits per heavy atom. The maximum Gasteiger partial charge on any atom is 0.128 e. The van der Waals surface area contributed by atoms with Crippen LogP contribution in [0.1, 0.15) is 22.5 Å². The standard InChI is InChI=1S/C22H19FN2/c1-16-8-2-3-9-17(16)14-22-24-20-12-6-7-13-21(20)25(22)15-18-10-4-5-11-19(18)23/h2-13H,14-15H2,1H3. The second-order valence-corrected chi connectivity index (χ2v) is 6.30. The predicted octanol–water partition coefficient (Wildman–Crippen LogP) is 5.12. The van der Waals surface area contributed by atoms with E-state index in [1.54, 1.807) is 6.07 Å². The molecule has 4 rings (SSSR count). The second kappa shape index (κ2) is 6.52. The Morgan fingerprint density at radius 3 is 2.32 bits per heavy atom. The average Bonchev–Trinajstić information content (AvgIpc) is 2.96. The molecule has 4 aromatic rings. The van der Waals surface area contributed by atoms with E-state index in [0.29, 0.717) is 12.1 Å². The minimum absolute atomic E-state index is 0.179. The van der Waals surface area contributed by atoms with Crippen LogP contribution in [0.5, 0.6) is 0 Å². The van der Waals surface area contributed by atoms with Gasteiger partial charge in [-0.15, -0.1) is 0 Å². The van der Waals surface area contributed by atoms with E-state index < -0.39 is 0 Å². The van der Waals surface area contributed by atoms with Gasteiger partial charge in [-0.05, 0) is 36.2 Å². The summed E-state index contributed by atoms with van der Waals surface area (Å²) in [4.78, 5) is 4.82. The number of hydrogen-bond acceptors (Lipinski definition) is 1. The SMILES string of the molecule is Cc1ccccc1Cc1nc2ccccc2n1Cc1ccccc1F. The number of halogens is 1. The first kappa shape index (κ1) is 15.6. The fourth-order valence-electron chi connectivity index (χ4n) is 3.21. The van der Waals surface area contributed by atoms with Gasteiger partial charge >= 0.3 is 0 Å². The maximum absolute atomic E-state index is 14.2. The number of aryl methyl sites for hydroxylation is 1. The summed E-state index contributed by atoms with van der Waals surface area (Å²) in [6.45, 7) is 2.59. The van der Waals surface area contributed by atoms with Crippen molar-refractivity contribution in [2.45, 2.75) is 19.9 Å². The molecule has 1 aromatic heterocycles. The van der Waals surface area contributed by atoms with E-state index in [1.165, 1.54) is 17.2 Å². The molecular formula is C22H19FN2. The summed E-state index contributed by atoms with van der Waals surface area (Å²) in [5.41, 5.74) is 5.15. The van der Waals surface area contributed by atoms with E-state index in [-0.39, 0.29) is 5.82 Å². The molecule has 124 valence electrons. The zero-order valence-electron chi connectivity index (χ0n) is 14.1. The molecule has 0 aliphatic heterocycles. The van der Waals surface area contributed by atoms with E-state index in [4.69, 9.17) is 4.98 Å². The molecule has 1 heterocycles. The molecule has 0 atom stereocenters. The Balaban J connectivity index is 1.81. The third kappa shape index (κ3) is 3.05. The highest BCUT2D eigenvalue weighted by Gasteiger charge is 2.13. The number of para-hydroxylation sites is 2. The van der Waals surface area contributed by atoms with Crippen molar-refractivity contribution in [3.63, 3.8) is 0 Å². The van der Waals surface area contributed by atoms with Gasteiger partial charge in [-0.25, -0.2) is 9.37 Å². The van der Waals surface area contributed by atoms with Gasteiger partial charge in [0.25, 0.3) is 0 Å². The van der Waals surface area contributed by atoms with Crippen LogP contribution in [-0.4, -0.2) is 9.55 Å². The normalized spacial score (nSPS) is 11.1. The van der Waals surface area contributed by atoms with E-state index in [0.717, 1.165) is 23.3 Å². The molecule has 2 nitrogen and oxygen atoms in total. The highest BCUT2D eigenvalue weighted by molar-refractivity contribution is 5.76. The van der Waals surface area contributed by atoms with Gasteiger partial charge in [-0.1, -0.05) is 54.6 Å². The first-order chi connectivity index (χ1) is 12.2. The summed E-state index contributed by atoms with van der Waals surface area (Å²) in [5, 5.41) is 0. The smallest absolute Gasteiger partial charge is 0.128 e. The third-order valence-corrected chi connectivity index (χ3v) is 4.63. The van der Waals surface area contributed by atoms with E-state index in [1.807, 2.05) is 48.5 Å². The van der Waals surface area contributed by atoms with Crippen molar-refractivity contribution in [1.82, 2.24) is 9.55 Å². The molecule has 0 aliphatic rings. The van der Waals surface area contributed by atoms with Crippen molar-refractivity contribution in [3.05, 3.63) is 101 Å². The number of benzene rings is 3. The molecule has 0 fully saturated rings. The lowest BCUT2D eigenvalue weighted by atomic mass is 10.1. The van der Waals surface area contributed by atoms with Gasteiger partial charge in [-0.3, -0.25) is 0 Å². The van der Waals surface area contributed by atoms with Gasteiger partial charge in [0.2, 0.25) is 0 Å². The van der Waals surface area contributed by atoms with Gasteiger partial charge < -0.3 is 4.57 Å². The van der Waals surface area contributed by atoms with Crippen molar-refractivity contribution in [2.75, 3.05) is 0 Å². The predicted molar refractivity (Wildman–Crippen MR) is 99.2 cm³/mol. The zero-order chi connectivity index (χ0) is 17.2. The van der Waals surface area contributed by atoms with Crippen LogP contribution in [0.25, 0.3) is 11.0 Å². The summed E-state index contributed by atoms with van der Waals surface area (Å²) in [7, 11) is 0. The fraction of sp³-hybridized carbons (Fsp3) is 0.136. The first-order valence-corrected chi connectivity index (χ1v) is 8.44. The van der Waals surface area contributed by atoms with Crippen molar-refractivity contribution in [2.24, 2.45) is 0 Å². The van der Waals surface area contributed by atoms with Crippen LogP contribution in [-0.2, 0) is 13.0 Å². The van der Waals surface area contributed by atoms with E-state index in [9.17, 15) is 4.39 Å². The van der Waals surface area contributed by atoms with Gasteiger partial charge in [0.05, 0.1) is 17.6 Å². The Hall–Kier alpha value is -2.94. The summed E-state index contributed by atoms with van der Waals surface area (Å²) in [6, 6.07) is 23.3. The Morgan fingerprint density at radius 2 is 1.52 bits per heavy atom. The Kier molecular flexibility index (Phi) is 4.06. The molecule has 0 amide bonds. The summed E-state index contributed by atoms with van der Waals surface area (Å²) in [6.07, 6.45) is 0.732. The lowest BCUT2D eigenvalue weighted by molar-refractivity contribution is 0.598. The molecule has 25 heavy (non-hydrogen) atoms. The molecular weight excluding hydrogens is 311 g/mol. The molecule has 3 aromatic carbocycles. The van der Waals surface area contributed by atoms with Crippen molar-refractivity contribution in [1.29, 1.82) is 0 Å². The largest absolute Gasteiger partial charge is 0.323 e. The van der Waals surface area contributed by atoms with Crippen molar-refractivity contribution in [3.8, 4) is 0 Å². The van der Waals surface area contributed by atoms with Crippen LogP contribution in [0.4, 0.5) is 4.39 Å². The average molecular weight is 330 g/mol. The third-order valence-electron chi connectivity index (χ3n) is 4.63. The number of fused-ring (bicyclic) bond motifs is 1. The van der Waals surface area contributed by atoms with Crippen LogP contribution in [0.2, 0.25) is 0 Å².